The number of carbonyl (C=O) groups is 1. The lowest BCUT2D eigenvalue weighted by atomic mass is 9.79. The first-order valence-electron chi connectivity index (χ1n) is 5.21. The number of hydrogen-bond donors (Lipinski definition) is 0. The second kappa shape index (κ2) is 4.28. The summed E-state index contributed by atoms with van der Waals surface area (Å²) < 4.78 is 9.99. The van der Waals surface area contributed by atoms with Gasteiger partial charge in [-0.25, -0.2) is 0 Å². The molecule has 0 unspecified atom stereocenters. The molecule has 4 heteroatoms. The van der Waals surface area contributed by atoms with Gasteiger partial charge in [-0.3, -0.25) is 9.69 Å². The van der Waals surface area contributed by atoms with Crippen LogP contribution in [0.3, 0.4) is 0 Å². The van der Waals surface area contributed by atoms with E-state index >= 15 is 0 Å². The van der Waals surface area contributed by atoms with E-state index in [0.717, 1.165) is 39.1 Å². The summed E-state index contributed by atoms with van der Waals surface area (Å²) in [7, 11) is 1.46. The molecule has 0 aromatic rings. The molecule has 14 heavy (non-hydrogen) atoms. The van der Waals surface area contributed by atoms with Crippen LogP contribution in [-0.2, 0) is 14.3 Å². The van der Waals surface area contributed by atoms with Gasteiger partial charge in [0.2, 0.25) is 0 Å². The maximum atomic E-state index is 11.2. The Labute approximate surface area is 84.2 Å². The average Bonchev–Trinajstić information content (AvgIpc) is 2.17. The fourth-order valence-electron chi connectivity index (χ4n) is 2.19. The number of hydrogen-bond acceptors (Lipinski definition) is 4. The van der Waals surface area contributed by atoms with Gasteiger partial charge in [-0.15, -0.1) is 0 Å². The van der Waals surface area contributed by atoms with Crippen LogP contribution in [-0.4, -0.2) is 50.3 Å². The standard InChI is InChI=1S/C10H17NO3/c1-13-10(12)8-6-9(7-8)11-2-4-14-5-3-11/h8-9H,2-7H2,1H3. The lowest BCUT2D eigenvalue weighted by molar-refractivity contribution is -0.151. The summed E-state index contributed by atoms with van der Waals surface area (Å²) in [6, 6.07) is 0.586. The van der Waals surface area contributed by atoms with Crippen LogP contribution in [0.5, 0.6) is 0 Å². The van der Waals surface area contributed by atoms with Crippen LogP contribution in [0.25, 0.3) is 0 Å². The molecule has 0 aromatic heterocycles. The van der Waals surface area contributed by atoms with Crippen molar-refractivity contribution in [1.82, 2.24) is 4.90 Å². The van der Waals surface area contributed by atoms with Crippen LogP contribution in [0.1, 0.15) is 12.8 Å². The van der Waals surface area contributed by atoms with Crippen molar-refractivity contribution in [3.8, 4) is 0 Å². The zero-order valence-electron chi connectivity index (χ0n) is 8.57. The lowest BCUT2D eigenvalue weighted by Gasteiger charge is -2.43. The Morgan fingerprint density at radius 3 is 2.57 bits per heavy atom. The van der Waals surface area contributed by atoms with Crippen molar-refractivity contribution in [1.29, 1.82) is 0 Å². The summed E-state index contributed by atoms with van der Waals surface area (Å²) in [5, 5.41) is 0. The highest BCUT2D eigenvalue weighted by Gasteiger charge is 2.38. The Morgan fingerprint density at radius 1 is 1.36 bits per heavy atom. The van der Waals surface area contributed by atoms with Crippen LogP contribution >= 0.6 is 0 Å². The molecule has 1 saturated carbocycles. The second-order valence-corrected chi connectivity index (χ2v) is 3.99. The molecule has 2 fully saturated rings. The number of carbonyl (C=O) groups excluding carboxylic acids is 1. The Kier molecular flexibility index (Phi) is 3.03. The number of esters is 1. The van der Waals surface area contributed by atoms with Gasteiger partial charge in [0.15, 0.2) is 0 Å². The van der Waals surface area contributed by atoms with Crippen LogP contribution in [0, 0.1) is 5.92 Å². The van der Waals surface area contributed by atoms with E-state index in [9.17, 15) is 4.79 Å². The van der Waals surface area contributed by atoms with Crippen molar-refractivity contribution in [3.05, 3.63) is 0 Å². The quantitative estimate of drug-likeness (QED) is 0.598. The third-order valence-electron chi connectivity index (χ3n) is 3.21. The molecular formula is C10H17NO3. The van der Waals surface area contributed by atoms with Crippen molar-refractivity contribution in [2.75, 3.05) is 33.4 Å². The smallest absolute Gasteiger partial charge is 0.308 e. The molecule has 1 aliphatic carbocycles. The molecule has 0 atom stereocenters. The molecule has 4 nitrogen and oxygen atoms in total. The topological polar surface area (TPSA) is 38.8 Å². The highest BCUT2D eigenvalue weighted by Crippen LogP contribution is 2.32. The molecule has 1 saturated heterocycles. The zero-order chi connectivity index (χ0) is 9.97. The second-order valence-electron chi connectivity index (χ2n) is 3.99. The van der Waals surface area contributed by atoms with Gasteiger partial charge < -0.3 is 9.47 Å². The average molecular weight is 199 g/mol. The molecule has 0 aromatic carbocycles. The van der Waals surface area contributed by atoms with E-state index in [1.165, 1.54) is 7.11 Å². The largest absolute Gasteiger partial charge is 0.469 e. The fourth-order valence-corrected chi connectivity index (χ4v) is 2.19. The third kappa shape index (κ3) is 1.91. The molecule has 0 amide bonds. The summed E-state index contributed by atoms with van der Waals surface area (Å²) in [6.45, 7) is 3.69. The summed E-state index contributed by atoms with van der Waals surface area (Å²) in [5.74, 6) is 0.0994. The van der Waals surface area contributed by atoms with Gasteiger partial charge >= 0.3 is 5.97 Å². The van der Waals surface area contributed by atoms with Gasteiger partial charge in [-0.1, -0.05) is 0 Å². The minimum Gasteiger partial charge on any atom is -0.469 e. The normalized spacial score (nSPS) is 33.5. The Balaban J connectivity index is 1.73. The first-order chi connectivity index (χ1) is 6.81. The summed E-state index contributed by atoms with van der Waals surface area (Å²) >= 11 is 0. The first kappa shape index (κ1) is 9.93. The number of ether oxygens (including phenoxy) is 2. The SMILES string of the molecule is COC(=O)C1CC(N2CCOCC2)C1. The molecule has 0 bridgehead atoms. The first-order valence-corrected chi connectivity index (χ1v) is 5.21. The van der Waals surface area contributed by atoms with E-state index in [2.05, 4.69) is 4.90 Å². The Bertz CT molecular complexity index is 207. The van der Waals surface area contributed by atoms with E-state index < -0.39 is 0 Å². The van der Waals surface area contributed by atoms with Gasteiger partial charge in [-0.05, 0) is 12.8 Å². The van der Waals surface area contributed by atoms with Crippen molar-refractivity contribution in [3.63, 3.8) is 0 Å². The molecular weight excluding hydrogens is 182 g/mol. The van der Waals surface area contributed by atoms with Gasteiger partial charge in [0.05, 0.1) is 26.2 Å². The van der Waals surface area contributed by atoms with Crippen molar-refractivity contribution >= 4 is 5.97 Å². The van der Waals surface area contributed by atoms with E-state index in [1.54, 1.807) is 0 Å². The van der Waals surface area contributed by atoms with Gasteiger partial charge in [0, 0.05) is 19.1 Å². The lowest BCUT2D eigenvalue weighted by Crippen LogP contribution is -2.51. The molecule has 1 aliphatic heterocycles. The van der Waals surface area contributed by atoms with Crippen molar-refractivity contribution in [2.45, 2.75) is 18.9 Å². The Hall–Kier alpha value is -0.610. The number of rotatable bonds is 2. The monoisotopic (exact) mass is 199 g/mol. The molecule has 0 N–H and O–H groups in total. The van der Waals surface area contributed by atoms with Gasteiger partial charge in [0.1, 0.15) is 0 Å². The highest BCUT2D eigenvalue weighted by molar-refractivity contribution is 5.73. The van der Waals surface area contributed by atoms with Crippen LogP contribution < -0.4 is 0 Å². The minimum absolute atomic E-state index is 0.0468. The molecule has 0 spiro atoms. The minimum atomic E-state index is -0.0468. The number of methoxy groups -OCH3 is 1. The molecule has 2 aliphatic rings. The van der Waals surface area contributed by atoms with E-state index in [0.29, 0.717) is 6.04 Å². The van der Waals surface area contributed by atoms with E-state index in [1.807, 2.05) is 0 Å². The zero-order valence-corrected chi connectivity index (χ0v) is 8.57. The van der Waals surface area contributed by atoms with Gasteiger partial charge in [-0.2, -0.15) is 0 Å². The molecule has 80 valence electrons. The van der Waals surface area contributed by atoms with Gasteiger partial charge in [0.25, 0.3) is 0 Å². The molecule has 1 heterocycles. The van der Waals surface area contributed by atoms with E-state index in [4.69, 9.17) is 9.47 Å². The third-order valence-corrected chi connectivity index (χ3v) is 3.21. The summed E-state index contributed by atoms with van der Waals surface area (Å²) in [4.78, 5) is 13.6. The maximum absolute atomic E-state index is 11.2. The van der Waals surface area contributed by atoms with Crippen LogP contribution in [0.15, 0.2) is 0 Å². The molecule has 2 rings (SSSR count). The fraction of sp³-hybridized carbons (Fsp3) is 0.900. The van der Waals surface area contributed by atoms with Crippen LogP contribution in [0.4, 0.5) is 0 Å². The Morgan fingerprint density at radius 2 is 2.00 bits per heavy atom. The van der Waals surface area contributed by atoms with Crippen molar-refractivity contribution in [2.24, 2.45) is 5.92 Å². The predicted molar refractivity (Wildman–Crippen MR) is 50.9 cm³/mol. The highest BCUT2D eigenvalue weighted by atomic mass is 16.5. The molecule has 0 radical (unpaired) electrons. The van der Waals surface area contributed by atoms with Crippen LogP contribution in [0.2, 0.25) is 0 Å². The van der Waals surface area contributed by atoms with E-state index in [-0.39, 0.29) is 11.9 Å². The maximum Gasteiger partial charge on any atom is 0.308 e. The summed E-state index contributed by atoms with van der Waals surface area (Å²) in [5.41, 5.74) is 0. The predicted octanol–water partition coefficient (Wildman–Crippen LogP) is 0.270. The number of nitrogens with zero attached hydrogens (tertiary/aromatic N) is 1. The number of morpholine rings is 1. The van der Waals surface area contributed by atoms with Crippen molar-refractivity contribution < 1.29 is 14.3 Å². The summed E-state index contributed by atoms with van der Waals surface area (Å²) in [6.07, 6.45) is 1.93.